The van der Waals surface area contributed by atoms with Crippen LogP contribution in [0.1, 0.15) is 74.8 Å². The molecule has 1 atom stereocenters. The number of fused-ring (bicyclic) bond motifs is 3. The maximum Gasteiger partial charge on any atom is 0.271 e. The van der Waals surface area contributed by atoms with Crippen LogP contribution in [0.5, 0.6) is 5.75 Å². The molecule has 0 bridgehead atoms. The zero-order chi connectivity index (χ0) is 24.4. The van der Waals surface area contributed by atoms with Crippen LogP contribution >= 0.6 is 11.3 Å². The van der Waals surface area contributed by atoms with Gasteiger partial charge in [0, 0.05) is 12.6 Å². The summed E-state index contributed by atoms with van der Waals surface area (Å²) in [4.78, 5) is 29.5. The van der Waals surface area contributed by atoms with Gasteiger partial charge in [0.15, 0.2) is 0 Å². The Kier molecular flexibility index (Phi) is 6.87. The molecule has 2 aromatic heterocycles. The third kappa shape index (κ3) is 4.70. The van der Waals surface area contributed by atoms with Crippen molar-refractivity contribution in [2.24, 2.45) is 0 Å². The first-order chi connectivity index (χ1) is 17.0. The summed E-state index contributed by atoms with van der Waals surface area (Å²) in [7, 11) is 0. The molecule has 1 saturated carbocycles. The Morgan fingerprint density at radius 1 is 1.14 bits per heavy atom. The number of ether oxygens (including phenoxy) is 1. The molecule has 3 heterocycles. The normalized spacial score (nSPS) is 21.1. The van der Waals surface area contributed by atoms with Crippen molar-refractivity contribution in [1.82, 2.24) is 14.8 Å². The molecule has 2 amide bonds. The van der Waals surface area contributed by atoms with Crippen molar-refractivity contribution in [3.8, 4) is 5.75 Å². The summed E-state index contributed by atoms with van der Waals surface area (Å²) in [6.07, 6.45) is 7.74. The lowest BCUT2D eigenvalue weighted by molar-refractivity contribution is -0.134. The van der Waals surface area contributed by atoms with Gasteiger partial charge in [0.2, 0.25) is 5.91 Å². The number of aromatic nitrogens is 1. The summed E-state index contributed by atoms with van der Waals surface area (Å²) < 4.78 is 8.84. The van der Waals surface area contributed by atoms with Crippen LogP contribution in [0.4, 0.5) is 0 Å². The Labute approximate surface area is 211 Å². The van der Waals surface area contributed by atoms with Crippen LogP contribution in [-0.4, -0.2) is 39.5 Å². The van der Waals surface area contributed by atoms with Crippen LogP contribution in [0.15, 0.2) is 41.8 Å². The van der Waals surface area contributed by atoms with Crippen LogP contribution in [-0.2, 0) is 17.9 Å². The first kappa shape index (κ1) is 23.9. The summed E-state index contributed by atoms with van der Waals surface area (Å²) >= 11 is 1.63. The second-order valence-electron chi connectivity index (χ2n) is 10.1. The van der Waals surface area contributed by atoms with Crippen molar-refractivity contribution in [2.75, 3.05) is 6.61 Å². The molecule has 5 rings (SSSR count). The van der Waals surface area contributed by atoms with Gasteiger partial charge in [-0.15, -0.1) is 11.3 Å². The Balaban J connectivity index is 1.45. The van der Waals surface area contributed by atoms with Crippen molar-refractivity contribution in [1.29, 1.82) is 0 Å². The molecule has 1 aliphatic heterocycles. The zero-order valence-corrected chi connectivity index (χ0v) is 21.5. The lowest BCUT2D eigenvalue weighted by Gasteiger charge is -2.44. The van der Waals surface area contributed by atoms with Gasteiger partial charge in [0.05, 0.1) is 23.4 Å². The van der Waals surface area contributed by atoms with Crippen molar-refractivity contribution in [3.05, 3.63) is 53.0 Å². The van der Waals surface area contributed by atoms with E-state index in [9.17, 15) is 9.59 Å². The molecular formula is C28H35N3O3S. The number of nitrogens with zero attached hydrogens (tertiary/aromatic N) is 2. The highest BCUT2D eigenvalue weighted by Crippen LogP contribution is 2.35. The van der Waals surface area contributed by atoms with Gasteiger partial charge in [-0.1, -0.05) is 44.7 Å². The van der Waals surface area contributed by atoms with Crippen LogP contribution in [0.25, 0.3) is 10.2 Å². The molecule has 6 nitrogen and oxygen atoms in total. The van der Waals surface area contributed by atoms with E-state index in [1.54, 1.807) is 16.2 Å². The van der Waals surface area contributed by atoms with Gasteiger partial charge < -0.3 is 19.5 Å². The van der Waals surface area contributed by atoms with Crippen molar-refractivity contribution < 1.29 is 14.3 Å². The Morgan fingerprint density at radius 2 is 1.89 bits per heavy atom. The maximum atomic E-state index is 13.9. The van der Waals surface area contributed by atoms with Crippen LogP contribution in [0, 0.1) is 0 Å². The van der Waals surface area contributed by atoms with Gasteiger partial charge >= 0.3 is 0 Å². The van der Waals surface area contributed by atoms with E-state index in [2.05, 4.69) is 12.2 Å². The monoisotopic (exact) mass is 493 g/mol. The minimum Gasteiger partial charge on any atom is -0.494 e. The van der Waals surface area contributed by atoms with Crippen molar-refractivity contribution in [3.63, 3.8) is 0 Å². The second kappa shape index (κ2) is 10.1. The second-order valence-corrected chi connectivity index (χ2v) is 11.1. The molecule has 186 valence electrons. The third-order valence-electron chi connectivity index (χ3n) is 7.47. The minimum absolute atomic E-state index is 0.0524. The van der Waals surface area contributed by atoms with E-state index in [0.717, 1.165) is 53.6 Å². The molecule has 1 fully saturated rings. The molecule has 1 aromatic carbocycles. The van der Waals surface area contributed by atoms with E-state index in [4.69, 9.17) is 4.74 Å². The fourth-order valence-electron chi connectivity index (χ4n) is 5.38. The average molecular weight is 494 g/mol. The van der Waals surface area contributed by atoms with Gasteiger partial charge in [-0.3, -0.25) is 9.59 Å². The van der Waals surface area contributed by atoms with E-state index < -0.39 is 5.54 Å². The largest absolute Gasteiger partial charge is 0.494 e. The highest BCUT2D eigenvalue weighted by atomic mass is 32.1. The van der Waals surface area contributed by atoms with Gasteiger partial charge in [-0.25, -0.2) is 0 Å². The van der Waals surface area contributed by atoms with E-state index in [1.165, 1.54) is 12.8 Å². The minimum atomic E-state index is -0.984. The topological polar surface area (TPSA) is 63.6 Å². The number of nitrogens with one attached hydrogen (secondary N) is 1. The zero-order valence-electron chi connectivity index (χ0n) is 20.7. The predicted octanol–water partition coefficient (Wildman–Crippen LogP) is 5.75. The molecule has 0 radical (unpaired) electrons. The number of carbonyl (C=O) groups excluding carboxylic acids is 2. The molecule has 0 spiro atoms. The molecule has 0 saturated heterocycles. The highest BCUT2D eigenvalue weighted by molar-refractivity contribution is 7.17. The fourth-order valence-corrected chi connectivity index (χ4v) is 6.20. The number of amides is 2. The van der Waals surface area contributed by atoms with Crippen LogP contribution < -0.4 is 10.1 Å². The number of hydrogen-bond acceptors (Lipinski definition) is 4. The number of benzene rings is 1. The van der Waals surface area contributed by atoms with Gasteiger partial charge in [0.1, 0.15) is 17.0 Å². The van der Waals surface area contributed by atoms with Crippen LogP contribution in [0.2, 0.25) is 0 Å². The van der Waals surface area contributed by atoms with Crippen molar-refractivity contribution in [2.45, 2.75) is 83.5 Å². The molecule has 2 aliphatic rings. The summed E-state index contributed by atoms with van der Waals surface area (Å²) in [6, 6.07) is 12.1. The SMILES string of the molecule is CCCOc1ccc(CN2C(=O)c3cc4sccc4n3CC2(C)C(=O)NC2CCCCCC2)cc1. The van der Waals surface area contributed by atoms with Gasteiger partial charge in [-0.2, -0.15) is 0 Å². The predicted molar refractivity (Wildman–Crippen MR) is 140 cm³/mol. The van der Waals surface area contributed by atoms with E-state index in [-0.39, 0.29) is 17.9 Å². The van der Waals surface area contributed by atoms with Gasteiger partial charge in [-0.05, 0) is 61.4 Å². The molecule has 1 N–H and O–H groups in total. The van der Waals surface area contributed by atoms with E-state index >= 15 is 0 Å². The number of rotatable bonds is 7. The Morgan fingerprint density at radius 3 is 2.60 bits per heavy atom. The van der Waals surface area contributed by atoms with Crippen LogP contribution in [0.3, 0.4) is 0 Å². The number of thiophene rings is 1. The fraction of sp³-hybridized carbons (Fsp3) is 0.500. The Bertz CT molecular complexity index is 1190. The molecule has 1 aliphatic carbocycles. The van der Waals surface area contributed by atoms with E-state index in [0.29, 0.717) is 25.4 Å². The Hall–Kier alpha value is -2.80. The maximum absolute atomic E-state index is 13.9. The first-order valence-electron chi connectivity index (χ1n) is 12.9. The lowest BCUT2D eigenvalue weighted by Crippen LogP contribution is -2.64. The highest BCUT2D eigenvalue weighted by Gasteiger charge is 2.48. The number of carbonyl (C=O) groups is 2. The first-order valence-corrected chi connectivity index (χ1v) is 13.8. The smallest absolute Gasteiger partial charge is 0.271 e. The third-order valence-corrected chi connectivity index (χ3v) is 8.32. The number of hydrogen-bond donors (Lipinski definition) is 1. The summed E-state index contributed by atoms with van der Waals surface area (Å²) in [5.41, 5.74) is 1.69. The summed E-state index contributed by atoms with van der Waals surface area (Å²) in [6.45, 7) is 5.51. The van der Waals surface area contributed by atoms with Crippen molar-refractivity contribution >= 4 is 33.4 Å². The summed E-state index contributed by atoms with van der Waals surface area (Å²) in [5, 5.41) is 5.38. The summed E-state index contributed by atoms with van der Waals surface area (Å²) in [5.74, 6) is 0.677. The standard InChI is InChI=1S/C28H35N3O3S/c1-3-15-34-22-12-10-20(11-13-22)18-31-26(32)24-17-25-23(14-16-35-25)30(24)19-28(31,2)27(33)29-21-8-6-4-5-7-9-21/h10-14,16-17,21H,3-9,15,18-19H2,1-2H3,(H,29,33). The van der Waals surface area contributed by atoms with Gasteiger partial charge in [0.25, 0.3) is 5.91 Å². The quantitative estimate of drug-likeness (QED) is 0.427. The molecule has 3 aromatic rings. The molecule has 1 unspecified atom stereocenters. The average Bonchev–Trinajstić information content (AvgIpc) is 3.35. The molecule has 35 heavy (non-hydrogen) atoms. The van der Waals surface area contributed by atoms with E-state index in [1.807, 2.05) is 53.3 Å². The lowest BCUT2D eigenvalue weighted by atomic mass is 9.93. The molecule has 7 heteroatoms. The molecular weight excluding hydrogens is 458 g/mol.